The van der Waals surface area contributed by atoms with Gasteiger partial charge in [-0.2, -0.15) is 5.26 Å². The summed E-state index contributed by atoms with van der Waals surface area (Å²) < 4.78 is 10.2. The molecular weight excluding hydrogens is 426 g/mol. The van der Waals surface area contributed by atoms with Crippen LogP contribution in [0, 0.1) is 11.3 Å². The highest BCUT2D eigenvalue weighted by molar-refractivity contribution is 8.00. The number of pyridine rings is 1. The minimum absolute atomic E-state index is 0.0530. The van der Waals surface area contributed by atoms with Crippen LogP contribution in [-0.2, 0) is 9.53 Å². The van der Waals surface area contributed by atoms with Crippen molar-refractivity contribution in [2.24, 2.45) is 0 Å². The molecule has 162 valence electrons. The molecule has 3 rings (SSSR count). The van der Waals surface area contributed by atoms with Crippen LogP contribution < -0.4 is 10.1 Å². The Labute approximate surface area is 190 Å². The largest absolute Gasteiger partial charge is 0.497 e. The van der Waals surface area contributed by atoms with E-state index >= 15 is 0 Å². The van der Waals surface area contributed by atoms with E-state index in [1.807, 2.05) is 24.3 Å². The van der Waals surface area contributed by atoms with Crippen LogP contribution in [0.3, 0.4) is 0 Å². The van der Waals surface area contributed by atoms with Crippen molar-refractivity contribution in [3.63, 3.8) is 0 Å². The zero-order valence-corrected chi connectivity index (χ0v) is 18.4. The molecule has 0 atom stereocenters. The number of hydrogen-bond donors (Lipinski definition) is 1. The highest BCUT2D eigenvalue weighted by Gasteiger charge is 2.12. The van der Waals surface area contributed by atoms with Crippen LogP contribution in [0.5, 0.6) is 5.75 Å². The number of amides is 1. The Kier molecular flexibility index (Phi) is 7.84. The number of methoxy groups -OCH3 is 1. The smallest absolute Gasteiger partial charge is 0.338 e. The van der Waals surface area contributed by atoms with Crippen LogP contribution in [0.25, 0.3) is 11.3 Å². The van der Waals surface area contributed by atoms with Gasteiger partial charge in [0.25, 0.3) is 0 Å². The Morgan fingerprint density at radius 2 is 1.91 bits per heavy atom. The lowest BCUT2D eigenvalue weighted by molar-refractivity contribution is -0.113. The van der Waals surface area contributed by atoms with Crippen LogP contribution in [0.4, 0.5) is 5.69 Å². The number of nitriles is 1. The van der Waals surface area contributed by atoms with Gasteiger partial charge < -0.3 is 14.8 Å². The van der Waals surface area contributed by atoms with Crippen molar-refractivity contribution in [2.75, 3.05) is 24.8 Å². The van der Waals surface area contributed by atoms with E-state index in [-0.39, 0.29) is 18.3 Å². The predicted octanol–water partition coefficient (Wildman–Crippen LogP) is 4.54. The fraction of sp³-hybridized carbons (Fsp3) is 0.167. The van der Waals surface area contributed by atoms with Gasteiger partial charge in [-0.25, -0.2) is 9.78 Å². The fourth-order valence-corrected chi connectivity index (χ4v) is 3.60. The zero-order chi connectivity index (χ0) is 22.9. The lowest BCUT2D eigenvalue weighted by Gasteiger charge is -2.09. The highest BCUT2D eigenvalue weighted by Crippen LogP contribution is 2.26. The Hall–Kier alpha value is -3.83. The van der Waals surface area contributed by atoms with Crippen LogP contribution in [0.1, 0.15) is 22.8 Å². The number of ether oxygens (including phenoxy) is 2. The van der Waals surface area contributed by atoms with Crippen molar-refractivity contribution in [1.29, 1.82) is 5.26 Å². The minimum Gasteiger partial charge on any atom is -0.497 e. The molecule has 0 unspecified atom stereocenters. The number of nitrogens with one attached hydrogen (secondary N) is 1. The highest BCUT2D eigenvalue weighted by atomic mass is 32.2. The molecule has 0 aliphatic rings. The van der Waals surface area contributed by atoms with E-state index in [1.165, 1.54) is 11.8 Å². The van der Waals surface area contributed by atoms with E-state index < -0.39 is 5.97 Å². The first-order valence-corrected chi connectivity index (χ1v) is 10.8. The standard InChI is InChI=1S/C24H21N3O4S/c1-3-31-24(29)17-5-4-6-19(13-17)26-22(28)15-32-23-18(14-25)9-12-21(27-23)16-7-10-20(30-2)11-8-16/h4-13H,3,15H2,1-2H3,(H,26,28). The monoisotopic (exact) mass is 447 g/mol. The maximum Gasteiger partial charge on any atom is 0.338 e. The van der Waals surface area contributed by atoms with Gasteiger partial charge in [-0.1, -0.05) is 17.8 Å². The van der Waals surface area contributed by atoms with Gasteiger partial charge in [0.05, 0.1) is 36.3 Å². The second-order valence-electron chi connectivity index (χ2n) is 6.53. The topological polar surface area (TPSA) is 101 Å². The summed E-state index contributed by atoms with van der Waals surface area (Å²) in [6.45, 7) is 2.00. The summed E-state index contributed by atoms with van der Waals surface area (Å²) in [6.07, 6.45) is 0. The lowest BCUT2D eigenvalue weighted by Crippen LogP contribution is -2.15. The van der Waals surface area contributed by atoms with E-state index in [0.29, 0.717) is 27.5 Å². The number of carbonyl (C=O) groups is 2. The fourth-order valence-electron chi connectivity index (χ4n) is 2.83. The molecule has 0 fully saturated rings. The van der Waals surface area contributed by atoms with Crippen molar-refractivity contribution >= 4 is 29.3 Å². The number of carbonyl (C=O) groups excluding carboxylic acids is 2. The minimum atomic E-state index is -0.448. The van der Waals surface area contributed by atoms with Crippen LogP contribution in [0.2, 0.25) is 0 Å². The first kappa shape index (κ1) is 22.8. The molecule has 0 spiro atoms. The number of aromatic nitrogens is 1. The van der Waals surface area contributed by atoms with E-state index in [0.717, 1.165) is 11.3 Å². The average molecular weight is 448 g/mol. The summed E-state index contributed by atoms with van der Waals surface area (Å²) in [6, 6.07) is 19.5. The molecule has 1 N–H and O–H groups in total. The summed E-state index contributed by atoms with van der Waals surface area (Å²) in [7, 11) is 1.60. The molecule has 0 radical (unpaired) electrons. The van der Waals surface area contributed by atoms with E-state index in [1.54, 1.807) is 50.4 Å². The first-order valence-electron chi connectivity index (χ1n) is 9.79. The van der Waals surface area contributed by atoms with Crippen molar-refractivity contribution in [3.05, 3.63) is 71.8 Å². The molecule has 0 aliphatic carbocycles. The molecule has 0 aliphatic heterocycles. The summed E-state index contributed by atoms with van der Waals surface area (Å²) in [5, 5.41) is 12.6. The number of benzene rings is 2. The van der Waals surface area contributed by atoms with Crippen LogP contribution in [0.15, 0.2) is 65.7 Å². The summed E-state index contributed by atoms with van der Waals surface area (Å²) >= 11 is 1.17. The van der Waals surface area contributed by atoms with Crippen molar-refractivity contribution in [3.8, 4) is 23.1 Å². The summed E-state index contributed by atoms with van der Waals surface area (Å²) in [5.74, 6) is 0.0608. The van der Waals surface area contributed by atoms with Gasteiger partial charge in [-0.05, 0) is 61.5 Å². The molecule has 1 heterocycles. The first-order chi connectivity index (χ1) is 15.5. The van der Waals surface area contributed by atoms with Crippen molar-refractivity contribution < 1.29 is 19.1 Å². The lowest BCUT2D eigenvalue weighted by atomic mass is 10.1. The Morgan fingerprint density at radius 1 is 1.12 bits per heavy atom. The predicted molar refractivity (Wildman–Crippen MR) is 123 cm³/mol. The molecule has 7 nitrogen and oxygen atoms in total. The van der Waals surface area contributed by atoms with Gasteiger partial charge in [0.15, 0.2) is 0 Å². The normalized spacial score (nSPS) is 10.2. The maximum atomic E-state index is 12.4. The number of nitrogens with zero attached hydrogens (tertiary/aromatic N) is 2. The van der Waals surface area contributed by atoms with E-state index in [9.17, 15) is 14.9 Å². The van der Waals surface area contributed by atoms with Crippen LogP contribution in [-0.4, -0.2) is 36.3 Å². The van der Waals surface area contributed by atoms with E-state index in [2.05, 4.69) is 16.4 Å². The molecule has 8 heteroatoms. The number of esters is 1. The van der Waals surface area contributed by atoms with Gasteiger partial charge in [0.2, 0.25) is 5.91 Å². The molecular formula is C24H21N3O4S. The number of anilines is 1. The van der Waals surface area contributed by atoms with Gasteiger partial charge in [-0.15, -0.1) is 0 Å². The molecule has 0 saturated heterocycles. The second-order valence-corrected chi connectivity index (χ2v) is 7.49. The Morgan fingerprint density at radius 3 is 2.59 bits per heavy atom. The third kappa shape index (κ3) is 5.86. The molecule has 1 aromatic heterocycles. The van der Waals surface area contributed by atoms with Gasteiger partial charge in [0, 0.05) is 11.3 Å². The van der Waals surface area contributed by atoms with Gasteiger partial charge in [0.1, 0.15) is 16.8 Å². The average Bonchev–Trinajstić information content (AvgIpc) is 2.83. The number of rotatable bonds is 8. The quantitative estimate of drug-likeness (QED) is 0.400. The second kappa shape index (κ2) is 11.0. The van der Waals surface area contributed by atoms with Crippen molar-refractivity contribution in [1.82, 2.24) is 4.98 Å². The van der Waals surface area contributed by atoms with Gasteiger partial charge in [-0.3, -0.25) is 4.79 Å². The SMILES string of the molecule is CCOC(=O)c1cccc(NC(=O)CSc2nc(-c3ccc(OC)cc3)ccc2C#N)c1. The van der Waals surface area contributed by atoms with Gasteiger partial charge >= 0.3 is 5.97 Å². The molecule has 3 aromatic rings. The molecule has 0 saturated carbocycles. The van der Waals surface area contributed by atoms with Crippen LogP contribution >= 0.6 is 11.8 Å². The Balaban J connectivity index is 1.69. The maximum absolute atomic E-state index is 12.4. The number of hydrogen-bond acceptors (Lipinski definition) is 7. The molecule has 2 aromatic carbocycles. The Bertz CT molecular complexity index is 1160. The summed E-state index contributed by atoms with van der Waals surface area (Å²) in [4.78, 5) is 28.9. The molecule has 1 amide bonds. The van der Waals surface area contributed by atoms with Crippen molar-refractivity contribution in [2.45, 2.75) is 11.9 Å². The molecule has 32 heavy (non-hydrogen) atoms. The zero-order valence-electron chi connectivity index (χ0n) is 17.6. The van der Waals surface area contributed by atoms with E-state index in [4.69, 9.17) is 9.47 Å². The number of thioether (sulfide) groups is 1. The molecule has 0 bridgehead atoms. The summed E-state index contributed by atoms with van der Waals surface area (Å²) in [5.41, 5.74) is 2.80. The third-order valence-corrected chi connectivity index (χ3v) is 5.36. The third-order valence-electron chi connectivity index (χ3n) is 4.36.